The van der Waals surface area contributed by atoms with Crippen LogP contribution in [-0.4, -0.2) is 63.1 Å². The molecule has 8 heteroatoms. The number of nitrogens with zero attached hydrogens (tertiary/aromatic N) is 4. The normalized spacial score (nSPS) is 17.3. The smallest absolute Gasteiger partial charge is 0.325 e. The summed E-state index contributed by atoms with van der Waals surface area (Å²) in [6.45, 7) is 5.10. The molecule has 1 aliphatic rings. The molecule has 1 fully saturated rings. The van der Waals surface area contributed by atoms with Crippen LogP contribution < -0.4 is 5.32 Å². The summed E-state index contributed by atoms with van der Waals surface area (Å²) < 4.78 is 0. The Hall–Kier alpha value is -2.90. The predicted molar refractivity (Wildman–Crippen MR) is 103 cm³/mol. The van der Waals surface area contributed by atoms with Crippen molar-refractivity contribution in [3.05, 3.63) is 29.8 Å². The van der Waals surface area contributed by atoms with Gasteiger partial charge in [-0.25, -0.2) is 4.79 Å². The minimum atomic E-state index is -0.432. The maximum Gasteiger partial charge on any atom is 0.325 e. The van der Waals surface area contributed by atoms with Gasteiger partial charge in [-0.2, -0.15) is 4.98 Å². The van der Waals surface area contributed by atoms with E-state index in [1.165, 1.54) is 0 Å². The van der Waals surface area contributed by atoms with Crippen molar-refractivity contribution in [1.82, 2.24) is 25.0 Å². The van der Waals surface area contributed by atoms with Gasteiger partial charge in [-0.05, 0) is 19.4 Å². The second kappa shape index (κ2) is 8.20. The maximum atomic E-state index is 12.7. The molecule has 1 aromatic heterocycles. The first-order valence-electron chi connectivity index (χ1n) is 9.31. The first-order valence-corrected chi connectivity index (χ1v) is 9.31. The van der Waals surface area contributed by atoms with E-state index in [4.69, 9.17) is 0 Å². The zero-order valence-electron chi connectivity index (χ0n) is 16.0. The average Bonchev–Trinajstić information content (AvgIpc) is 3.11. The number of likely N-dealkylation sites (N-methyl/N-ethyl adjacent to an activating group) is 1. The molecule has 144 valence electrons. The topological polar surface area (TPSA) is 94.2 Å². The summed E-state index contributed by atoms with van der Waals surface area (Å²) >= 11 is 0. The van der Waals surface area contributed by atoms with Crippen LogP contribution >= 0.6 is 0 Å². The molecule has 0 bridgehead atoms. The lowest BCUT2D eigenvalue weighted by Gasteiger charge is -2.38. The summed E-state index contributed by atoms with van der Waals surface area (Å²) in [6, 6.07) is 7.10. The van der Waals surface area contributed by atoms with Crippen LogP contribution in [0, 0.1) is 6.92 Å². The minimum Gasteiger partial charge on any atom is -0.342 e. The first kappa shape index (κ1) is 18.9. The van der Waals surface area contributed by atoms with Gasteiger partial charge in [-0.3, -0.25) is 15.2 Å². The Kier molecular flexibility index (Phi) is 5.73. The molecule has 1 saturated heterocycles. The number of piperazine rings is 1. The van der Waals surface area contributed by atoms with Crippen LogP contribution in [-0.2, 0) is 4.79 Å². The summed E-state index contributed by atoms with van der Waals surface area (Å²) in [7, 11) is 1.78. The molecule has 0 radical (unpaired) electrons. The molecule has 8 nitrogen and oxygen atoms in total. The Labute approximate surface area is 159 Å². The fourth-order valence-electron chi connectivity index (χ4n) is 3.24. The Morgan fingerprint density at radius 3 is 2.93 bits per heavy atom. The number of hydrogen-bond acceptors (Lipinski definition) is 4. The fourth-order valence-corrected chi connectivity index (χ4v) is 3.24. The van der Waals surface area contributed by atoms with Gasteiger partial charge < -0.3 is 9.80 Å². The number of nitrogens with one attached hydrogen (secondary N) is 2. The third-order valence-electron chi connectivity index (χ3n) is 4.80. The Bertz CT molecular complexity index is 818. The largest absolute Gasteiger partial charge is 0.342 e. The molecule has 1 aromatic carbocycles. The van der Waals surface area contributed by atoms with Gasteiger partial charge in [-0.15, -0.1) is 5.10 Å². The molecule has 3 amide bonds. The van der Waals surface area contributed by atoms with Gasteiger partial charge in [0.2, 0.25) is 11.9 Å². The van der Waals surface area contributed by atoms with E-state index in [2.05, 4.69) is 27.4 Å². The summed E-state index contributed by atoms with van der Waals surface area (Å²) in [6.07, 6.45) is 2.53. The number of H-pyrrole nitrogens is 1. The molecular weight excluding hydrogens is 344 g/mol. The van der Waals surface area contributed by atoms with E-state index in [0.29, 0.717) is 25.3 Å². The van der Waals surface area contributed by atoms with E-state index in [-0.39, 0.29) is 17.9 Å². The molecule has 0 saturated carbocycles. The van der Waals surface area contributed by atoms with Gasteiger partial charge >= 0.3 is 6.03 Å². The predicted octanol–water partition coefficient (Wildman–Crippen LogP) is 2.64. The second-order valence-corrected chi connectivity index (χ2v) is 6.92. The van der Waals surface area contributed by atoms with Crippen LogP contribution in [0.2, 0.25) is 0 Å². The van der Waals surface area contributed by atoms with Gasteiger partial charge in [0, 0.05) is 25.7 Å². The van der Waals surface area contributed by atoms with Crippen molar-refractivity contribution in [2.45, 2.75) is 39.2 Å². The number of aryl methyl sites for hydroxylation is 1. The Morgan fingerprint density at radius 1 is 1.37 bits per heavy atom. The number of carbonyl (C=O) groups is 2. The molecule has 27 heavy (non-hydrogen) atoms. The van der Waals surface area contributed by atoms with E-state index >= 15 is 0 Å². The number of amides is 3. The zero-order valence-corrected chi connectivity index (χ0v) is 16.0. The standard InChI is InChI=1S/C19H26N6O2/c1-4-5-9-15-17(26)24(3)10-11-25(15)19(27)21-18-20-16(22-23-18)14-8-6-7-13(2)12-14/h6-8,12,15H,4-5,9-11H2,1-3H3,(H2,20,21,22,23,27)/t15-/m1/s1. The highest BCUT2D eigenvalue weighted by atomic mass is 16.2. The highest BCUT2D eigenvalue weighted by Crippen LogP contribution is 2.19. The molecule has 3 rings (SSSR count). The Balaban J connectivity index is 1.71. The molecule has 0 unspecified atom stereocenters. The number of carbonyl (C=O) groups excluding carboxylic acids is 2. The van der Waals surface area contributed by atoms with E-state index in [9.17, 15) is 9.59 Å². The Morgan fingerprint density at radius 2 is 2.19 bits per heavy atom. The fraction of sp³-hybridized carbons (Fsp3) is 0.474. The van der Waals surface area contributed by atoms with Crippen molar-refractivity contribution in [3.63, 3.8) is 0 Å². The zero-order chi connectivity index (χ0) is 19.4. The lowest BCUT2D eigenvalue weighted by molar-refractivity contribution is -0.138. The summed E-state index contributed by atoms with van der Waals surface area (Å²) in [5.41, 5.74) is 2.02. The van der Waals surface area contributed by atoms with Crippen LogP contribution in [0.4, 0.5) is 10.7 Å². The number of benzene rings is 1. The van der Waals surface area contributed by atoms with Crippen molar-refractivity contribution < 1.29 is 9.59 Å². The SMILES string of the molecule is CCCC[C@@H]1C(=O)N(C)CCN1C(=O)Nc1n[nH]c(-c2cccc(C)c2)n1. The van der Waals surface area contributed by atoms with Gasteiger partial charge in [-0.1, -0.05) is 43.5 Å². The minimum absolute atomic E-state index is 0.0136. The lowest BCUT2D eigenvalue weighted by Crippen LogP contribution is -2.58. The number of aromatic amines is 1. The van der Waals surface area contributed by atoms with E-state index < -0.39 is 6.04 Å². The third kappa shape index (κ3) is 4.27. The quantitative estimate of drug-likeness (QED) is 0.846. The number of anilines is 1. The summed E-state index contributed by atoms with van der Waals surface area (Å²) in [5.74, 6) is 0.781. The molecular formula is C19H26N6O2. The van der Waals surface area contributed by atoms with Crippen LogP contribution in [0.3, 0.4) is 0 Å². The number of rotatable bonds is 5. The number of aromatic nitrogens is 3. The third-order valence-corrected chi connectivity index (χ3v) is 4.80. The van der Waals surface area contributed by atoms with Crippen LogP contribution in [0.15, 0.2) is 24.3 Å². The number of unbranched alkanes of at least 4 members (excludes halogenated alkanes) is 1. The van der Waals surface area contributed by atoms with Crippen molar-refractivity contribution in [2.24, 2.45) is 0 Å². The van der Waals surface area contributed by atoms with Gasteiger partial charge in [0.15, 0.2) is 5.82 Å². The van der Waals surface area contributed by atoms with Gasteiger partial charge in [0.25, 0.3) is 0 Å². The van der Waals surface area contributed by atoms with Crippen LogP contribution in [0.25, 0.3) is 11.4 Å². The average molecular weight is 370 g/mol. The molecule has 2 aromatic rings. The van der Waals surface area contributed by atoms with E-state index in [1.54, 1.807) is 16.8 Å². The maximum absolute atomic E-state index is 12.7. The van der Waals surface area contributed by atoms with Gasteiger partial charge in [0.05, 0.1) is 0 Å². The number of hydrogen-bond donors (Lipinski definition) is 2. The number of urea groups is 1. The first-order chi connectivity index (χ1) is 13.0. The summed E-state index contributed by atoms with van der Waals surface area (Å²) in [4.78, 5) is 32.9. The summed E-state index contributed by atoms with van der Waals surface area (Å²) in [5, 5.41) is 9.66. The van der Waals surface area contributed by atoms with Gasteiger partial charge in [0.1, 0.15) is 6.04 Å². The van der Waals surface area contributed by atoms with E-state index in [0.717, 1.165) is 24.0 Å². The molecule has 2 N–H and O–H groups in total. The highest BCUT2D eigenvalue weighted by Gasteiger charge is 2.35. The molecule has 2 heterocycles. The van der Waals surface area contributed by atoms with Crippen molar-refractivity contribution in [2.75, 3.05) is 25.5 Å². The highest BCUT2D eigenvalue weighted by molar-refractivity contribution is 5.93. The second-order valence-electron chi connectivity index (χ2n) is 6.92. The van der Waals surface area contributed by atoms with Crippen LogP contribution in [0.5, 0.6) is 0 Å². The lowest BCUT2D eigenvalue weighted by atomic mass is 10.0. The van der Waals surface area contributed by atoms with Crippen molar-refractivity contribution >= 4 is 17.9 Å². The monoisotopic (exact) mass is 370 g/mol. The molecule has 0 spiro atoms. The molecule has 0 aliphatic carbocycles. The molecule has 1 atom stereocenters. The van der Waals surface area contributed by atoms with Crippen molar-refractivity contribution in [3.8, 4) is 11.4 Å². The van der Waals surface area contributed by atoms with E-state index in [1.807, 2.05) is 31.2 Å². The molecule has 1 aliphatic heterocycles. The van der Waals surface area contributed by atoms with Crippen molar-refractivity contribution in [1.29, 1.82) is 0 Å². The van der Waals surface area contributed by atoms with Crippen LogP contribution in [0.1, 0.15) is 31.7 Å².